The van der Waals surface area contributed by atoms with Gasteiger partial charge in [0.25, 0.3) is 0 Å². The van der Waals surface area contributed by atoms with Crippen LogP contribution in [0.3, 0.4) is 0 Å². The van der Waals surface area contributed by atoms with Crippen LogP contribution in [0.15, 0.2) is 211 Å². The monoisotopic (exact) mass is 760 g/mol. The fourth-order valence-electron chi connectivity index (χ4n) is 8.63. The number of hydrogen-bond acceptors (Lipinski definition) is 2. The van der Waals surface area contributed by atoms with Gasteiger partial charge in [0.05, 0.1) is 44.7 Å². The molecule has 0 spiro atoms. The van der Waals surface area contributed by atoms with Crippen molar-refractivity contribution in [3.63, 3.8) is 0 Å². The Bertz CT molecular complexity index is 3440. The van der Waals surface area contributed by atoms with Crippen molar-refractivity contribution in [1.82, 2.24) is 9.13 Å². The Balaban J connectivity index is 1.13. The third kappa shape index (κ3) is 5.51. The zero-order valence-corrected chi connectivity index (χ0v) is 32.4. The van der Waals surface area contributed by atoms with E-state index in [4.69, 9.17) is 9.98 Å². The Morgan fingerprint density at radius 3 is 2.03 bits per heavy atom. The molecular formula is C53H36N4S. The summed E-state index contributed by atoms with van der Waals surface area (Å²) in [4.78, 5) is 10.5. The summed E-state index contributed by atoms with van der Waals surface area (Å²) in [5.41, 5.74) is 10.9. The van der Waals surface area contributed by atoms with E-state index < -0.39 is 0 Å². The molecule has 0 unspecified atom stereocenters. The summed E-state index contributed by atoms with van der Waals surface area (Å²) >= 11 is 1.87. The van der Waals surface area contributed by atoms with Gasteiger partial charge in [-0.15, -0.1) is 11.3 Å². The van der Waals surface area contributed by atoms with E-state index in [1.165, 1.54) is 53.1 Å². The Hall–Kier alpha value is -7.34. The van der Waals surface area contributed by atoms with Crippen LogP contribution < -0.4 is 0 Å². The lowest BCUT2D eigenvalue weighted by Crippen LogP contribution is -2.13. The van der Waals surface area contributed by atoms with E-state index in [-0.39, 0.29) is 0 Å². The third-order valence-corrected chi connectivity index (χ3v) is 12.4. The van der Waals surface area contributed by atoms with Gasteiger partial charge in [-0.05, 0) is 65.2 Å². The third-order valence-electron chi connectivity index (χ3n) is 11.2. The molecule has 274 valence electrons. The maximum absolute atomic E-state index is 5.28. The molecule has 3 aromatic heterocycles. The Kier molecular flexibility index (Phi) is 8.19. The highest BCUT2D eigenvalue weighted by molar-refractivity contribution is 7.26. The summed E-state index contributed by atoms with van der Waals surface area (Å²) in [6.45, 7) is 4.65. The molecule has 58 heavy (non-hydrogen) atoms. The number of benzene rings is 8. The second-order valence-corrected chi connectivity index (χ2v) is 15.6. The predicted molar refractivity (Wildman–Crippen MR) is 248 cm³/mol. The van der Waals surface area contributed by atoms with Crippen LogP contribution in [0.5, 0.6) is 0 Å². The zero-order chi connectivity index (χ0) is 38.6. The first kappa shape index (κ1) is 34.0. The minimum Gasteiger partial charge on any atom is -0.308 e. The molecule has 5 heteroatoms. The molecule has 11 rings (SSSR count). The Labute approximate surface area is 339 Å². The van der Waals surface area contributed by atoms with Gasteiger partial charge >= 0.3 is 0 Å². The van der Waals surface area contributed by atoms with E-state index in [1.54, 1.807) is 0 Å². The van der Waals surface area contributed by atoms with E-state index in [1.807, 2.05) is 41.7 Å². The van der Waals surface area contributed by atoms with Gasteiger partial charge in [-0.1, -0.05) is 152 Å². The van der Waals surface area contributed by atoms with E-state index in [2.05, 4.69) is 180 Å². The fraction of sp³-hybridized carbons (Fsp3) is 0.0189. The smallest absolute Gasteiger partial charge is 0.230 e. The fourth-order valence-corrected chi connectivity index (χ4v) is 9.84. The van der Waals surface area contributed by atoms with Crippen molar-refractivity contribution >= 4 is 86.8 Å². The van der Waals surface area contributed by atoms with Gasteiger partial charge in [-0.3, -0.25) is 4.57 Å². The van der Waals surface area contributed by atoms with Crippen LogP contribution in [0.2, 0.25) is 0 Å². The predicted octanol–water partition coefficient (Wildman–Crippen LogP) is 14.0. The van der Waals surface area contributed by atoms with Crippen molar-refractivity contribution < 1.29 is 0 Å². The molecule has 0 saturated heterocycles. The maximum Gasteiger partial charge on any atom is 0.230 e. The molecule has 0 fully saturated rings. The highest BCUT2D eigenvalue weighted by Crippen LogP contribution is 2.43. The normalized spacial score (nSPS) is 12.5. The van der Waals surface area contributed by atoms with Crippen molar-refractivity contribution in [2.24, 2.45) is 9.98 Å². The highest BCUT2D eigenvalue weighted by atomic mass is 32.1. The molecule has 0 aliphatic carbocycles. The minimum absolute atomic E-state index is 0.489. The van der Waals surface area contributed by atoms with Crippen LogP contribution in [-0.2, 0) is 6.54 Å². The minimum atomic E-state index is 0.489. The second-order valence-electron chi connectivity index (χ2n) is 14.6. The van der Waals surface area contributed by atoms with Gasteiger partial charge in [-0.25, -0.2) is 9.98 Å². The topological polar surface area (TPSA) is 34.6 Å². The summed E-state index contributed by atoms with van der Waals surface area (Å²) in [6, 6.07) is 67.0. The summed E-state index contributed by atoms with van der Waals surface area (Å²) in [5, 5.41) is 7.37. The number of fused-ring (bicyclic) bond motifs is 9. The number of hydrogen-bond donors (Lipinski definition) is 0. The van der Waals surface area contributed by atoms with Crippen LogP contribution in [-0.4, -0.2) is 20.8 Å². The summed E-state index contributed by atoms with van der Waals surface area (Å²) in [6.07, 6.45) is 1.82. The SMILES string of the molecule is C=C/C(=N\C(=NCc1ccccc1)n1c2ccccc2c2c(-c3ccc4c(c3)c3ccccc3n4-c3cccc4c3sc3ccccc34)cccc21)c1ccccc1. The van der Waals surface area contributed by atoms with E-state index in [9.17, 15) is 0 Å². The summed E-state index contributed by atoms with van der Waals surface area (Å²) in [7, 11) is 0. The van der Waals surface area contributed by atoms with Gasteiger partial charge in [0.2, 0.25) is 5.96 Å². The lowest BCUT2D eigenvalue weighted by molar-refractivity contribution is 1.03. The van der Waals surface area contributed by atoms with Crippen molar-refractivity contribution in [3.8, 4) is 16.8 Å². The van der Waals surface area contributed by atoms with Gasteiger partial charge in [0.15, 0.2) is 0 Å². The molecule has 0 saturated carbocycles. The first-order chi connectivity index (χ1) is 28.7. The molecule has 0 N–H and O–H groups in total. The largest absolute Gasteiger partial charge is 0.308 e. The van der Waals surface area contributed by atoms with E-state index in [0.717, 1.165) is 44.4 Å². The lowest BCUT2D eigenvalue weighted by Gasteiger charge is -2.11. The molecule has 0 radical (unpaired) electrons. The van der Waals surface area contributed by atoms with Crippen LogP contribution >= 0.6 is 11.3 Å². The van der Waals surface area contributed by atoms with E-state index in [0.29, 0.717) is 12.5 Å². The molecule has 4 nitrogen and oxygen atoms in total. The Morgan fingerprint density at radius 1 is 0.552 bits per heavy atom. The zero-order valence-electron chi connectivity index (χ0n) is 31.6. The van der Waals surface area contributed by atoms with Gasteiger partial charge in [0, 0.05) is 42.6 Å². The first-order valence-electron chi connectivity index (χ1n) is 19.6. The summed E-state index contributed by atoms with van der Waals surface area (Å²) < 4.78 is 7.28. The molecule has 0 bridgehead atoms. The van der Waals surface area contributed by atoms with Crippen LogP contribution in [0, 0.1) is 0 Å². The number of aliphatic imine (C=N–C) groups is 2. The van der Waals surface area contributed by atoms with Crippen LogP contribution in [0.4, 0.5) is 0 Å². The van der Waals surface area contributed by atoms with Gasteiger partial charge in [-0.2, -0.15) is 0 Å². The maximum atomic E-state index is 5.28. The van der Waals surface area contributed by atoms with Crippen molar-refractivity contribution in [2.75, 3.05) is 0 Å². The molecule has 0 atom stereocenters. The van der Waals surface area contributed by atoms with Crippen molar-refractivity contribution in [1.29, 1.82) is 0 Å². The molecule has 8 aromatic carbocycles. The van der Waals surface area contributed by atoms with Crippen LogP contribution in [0.1, 0.15) is 11.1 Å². The Morgan fingerprint density at radius 2 is 1.21 bits per heavy atom. The number of thiophene rings is 1. The number of para-hydroxylation sites is 2. The van der Waals surface area contributed by atoms with Crippen LogP contribution in [0.25, 0.3) is 80.6 Å². The van der Waals surface area contributed by atoms with Gasteiger partial charge in [0.1, 0.15) is 0 Å². The number of rotatable bonds is 6. The second kappa shape index (κ2) is 14.0. The average Bonchev–Trinajstić information content (AvgIpc) is 3.95. The number of allylic oxidation sites excluding steroid dienone is 1. The van der Waals surface area contributed by atoms with Crippen molar-refractivity contribution in [3.05, 3.63) is 212 Å². The van der Waals surface area contributed by atoms with E-state index >= 15 is 0 Å². The van der Waals surface area contributed by atoms with Gasteiger partial charge < -0.3 is 4.57 Å². The molecule has 0 amide bonds. The molecule has 3 heterocycles. The molecule has 0 aliphatic rings. The quantitative estimate of drug-likeness (QED) is 0.119. The van der Waals surface area contributed by atoms with Crippen molar-refractivity contribution in [2.45, 2.75) is 6.54 Å². The summed E-state index contributed by atoms with van der Waals surface area (Å²) in [5.74, 6) is 0.611. The molecule has 0 aliphatic heterocycles. The molecular weight excluding hydrogens is 725 g/mol. The lowest BCUT2D eigenvalue weighted by atomic mass is 9.98. The first-order valence-corrected chi connectivity index (χ1v) is 20.4. The number of aromatic nitrogens is 2. The number of nitrogens with zero attached hydrogens (tertiary/aromatic N) is 4. The standard InChI is InChI=1S/C53H36N4S/c1-2-44(36-19-7-4-8-20-36)55-53(54-34-35-17-5-3-6-18-35)57-46-27-13-10-23-42(46)51-38(24-15-28-48(51)57)37-31-32-47-43(33-37)39-21-9-12-26-45(39)56(47)49-29-16-25-41-40-22-11-14-30-50(40)58-52(41)49/h2-33H,1,34H2/b54-53?,55-44+. The highest BCUT2D eigenvalue weighted by Gasteiger charge is 2.21. The average molecular weight is 761 g/mol. The molecule has 11 aromatic rings.